The number of rotatable bonds is 13. The summed E-state index contributed by atoms with van der Waals surface area (Å²) in [5, 5.41) is 6.65. The van der Waals surface area contributed by atoms with E-state index in [9.17, 15) is 4.79 Å². The van der Waals surface area contributed by atoms with Gasteiger partial charge in [0, 0.05) is 39.2 Å². The second-order valence-electron chi connectivity index (χ2n) is 6.55. The number of methoxy groups -OCH3 is 2. The van der Waals surface area contributed by atoms with Crippen LogP contribution in [-0.2, 0) is 20.8 Å². The van der Waals surface area contributed by atoms with Crippen molar-refractivity contribution in [3.05, 3.63) is 29.3 Å². The first-order chi connectivity index (χ1) is 13.6. The van der Waals surface area contributed by atoms with Gasteiger partial charge >= 0.3 is 5.97 Å². The minimum absolute atomic E-state index is 0.135. The van der Waals surface area contributed by atoms with Crippen molar-refractivity contribution < 1.29 is 19.0 Å². The first-order valence-electron chi connectivity index (χ1n) is 9.83. The van der Waals surface area contributed by atoms with Crippen LogP contribution < -0.4 is 15.4 Å². The second kappa shape index (κ2) is 14.7. The third kappa shape index (κ3) is 10.2. The quantitative estimate of drug-likeness (QED) is 0.232. The van der Waals surface area contributed by atoms with Gasteiger partial charge in [-0.15, -0.1) is 0 Å². The Morgan fingerprint density at radius 3 is 2.57 bits per heavy atom. The molecule has 7 heteroatoms. The van der Waals surface area contributed by atoms with E-state index in [0.717, 1.165) is 55.1 Å². The van der Waals surface area contributed by atoms with Gasteiger partial charge in [-0.25, -0.2) is 0 Å². The van der Waals surface area contributed by atoms with Crippen molar-refractivity contribution >= 4 is 11.9 Å². The van der Waals surface area contributed by atoms with E-state index in [2.05, 4.69) is 32.5 Å². The highest BCUT2D eigenvalue weighted by Crippen LogP contribution is 2.20. The van der Waals surface area contributed by atoms with Crippen LogP contribution in [0.1, 0.15) is 43.2 Å². The molecule has 0 spiro atoms. The van der Waals surface area contributed by atoms with Gasteiger partial charge in [-0.2, -0.15) is 0 Å². The molecular formula is C21H35N3O4. The largest absolute Gasteiger partial charge is 0.491 e. The summed E-state index contributed by atoms with van der Waals surface area (Å²) < 4.78 is 15.5. The normalized spacial score (nSPS) is 11.2. The first-order valence-corrected chi connectivity index (χ1v) is 9.83. The van der Waals surface area contributed by atoms with Gasteiger partial charge in [0.1, 0.15) is 12.4 Å². The summed E-state index contributed by atoms with van der Waals surface area (Å²) in [6, 6.07) is 6.18. The molecule has 2 N–H and O–H groups in total. The van der Waals surface area contributed by atoms with E-state index in [-0.39, 0.29) is 5.97 Å². The molecule has 0 unspecified atom stereocenters. The van der Waals surface area contributed by atoms with Crippen molar-refractivity contribution in [3.8, 4) is 5.75 Å². The van der Waals surface area contributed by atoms with Gasteiger partial charge in [-0.3, -0.25) is 9.79 Å². The topological polar surface area (TPSA) is 81.2 Å². The highest BCUT2D eigenvalue weighted by Gasteiger charge is 2.06. The summed E-state index contributed by atoms with van der Waals surface area (Å²) in [6.45, 7) is 4.59. The fourth-order valence-corrected chi connectivity index (χ4v) is 2.63. The number of esters is 1. The third-order valence-electron chi connectivity index (χ3n) is 4.27. The summed E-state index contributed by atoms with van der Waals surface area (Å²) in [6.07, 6.45) is 4.49. The van der Waals surface area contributed by atoms with Crippen LogP contribution in [0.25, 0.3) is 0 Å². The minimum atomic E-state index is -0.135. The average Bonchev–Trinajstić information content (AvgIpc) is 2.70. The zero-order valence-corrected chi connectivity index (χ0v) is 17.7. The predicted octanol–water partition coefficient (Wildman–Crippen LogP) is 2.81. The molecule has 0 bridgehead atoms. The zero-order chi connectivity index (χ0) is 20.6. The molecule has 0 radical (unpaired) electrons. The van der Waals surface area contributed by atoms with Gasteiger partial charge in [0.2, 0.25) is 0 Å². The molecule has 1 aromatic rings. The van der Waals surface area contributed by atoms with Crippen LogP contribution in [-0.4, -0.2) is 53.0 Å². The molecule has 0 atom stereocenters. The maximum absolute atomic E-state index is 11.1. The Morgan fingerprint density at radius 2 is 1.86 bits per heavy atom. The molecule has 0 heterocycles. The number of aryl methyl sites for hydroxylation is 1. The van der Waals surface area contributed by atoms with Crippen molar-refractivity contribution in [2.24, 2.45) is 4.99 Å². The third-order valence-corrected chi connectivity index (χ3v) is 4.27. The highest BCUT2D eigenvalue weighted by atomic mass is 16.5. The molecule has 0 aromatic heterocycles. The summed E-state index contributed by atoms with van der Waals surface area (Å²) in [5.74, 6) is 1.49. The van der Waals surface area contributed by atoms with Crippen LogP contribution in [0.4, 0.5) is 0 Å². The van der Waals surface area contributed by atoms with Gasteiger partial charge in [0.25, 0.3) is 0 Å². The van der Waals surface area contributed by atoms with E-state index in [1.165, 1.54) is 7.11 Å². The standard InChI is InChI=1S/C21H35N3O4/c1-17-10-11-18(19(15-17)28-14-13-26-3)16-24-21(22-2)23-12-8-6-5-7-9-20(25)27-4/h10-11,15H,5-9,12-14,16H2,1-4H3,(H2,22,23,24). The van der Waals surface area contributed by atoms with Crippen molar-refractivity contribution in [1.29, 1.82) is 0 Å². The highest BCUT2D eigenvalue weighted by molar-refractivity contribution is 5.79. The van der Waals surface area contributed by atoms with Gasteiger partial charge in [0.05, 0.1) is 13.7 Å². The van der Waals surface area contributed by atoms with Crippen LogP contribution in [0.2, 0.25) is 0 Å². The van der Waals surface area contributed by atoms with E-state index >= 15 is 0 Å². The molecule has 0 aliphatic carbocycles. The molecule has 0 saturated heterocycles. The number of ether oxygens (including phenoxy) is 3. The Kier molecular flexibility index (Phi) is 12.5. The number of carbonyl (C=O) groups excluding carboxylic acids is 1. The fourth-order valence-electron chi connectivity index (χ4n) is 2.63. The predicted molar refractivity (Wildman–Crippen MR) is 112 cm³/mol. The van der Waals surface area contributed by atoms with Gasteiger partial charge in [0.15, 0.2) is 5.96 Å². The maximum Gasteiger partial charge on any atom is 0.305 e. The van der Waals surface area contributed by atoms with E-state index in [1.54, 1.807) is 14.2 Å². The lowest BCUT2D eigenvalue weighted by Crippen LogP contribution is -2.37. The van der Waals surface area contributed by atoms with Crippen molar-refractivity contribution in [2.75, 3.05) is 41.0 Å². The Balaban J connectivity index is 2.33. The molecular weight excluding hydrogens is 358 g/mol. The van der Waals surface area contributed by atoms with E-state index in [1.807, 2.05) is 13.0 Å². The molecule has 7 nitrogen and oxygen atoms in total. The minimum Gasteiger partial charge on any atom is -0.491 e. The summed E-state index contributed by atoms with van der Waals surface area (Å²) in [4.78, 5) is 15.3. The Morgan fingerprint density at radius 1 is 1.07 bits per heavy atom. The lowest BCUT2D eigenvalue weighted by Gasteiger charge is -2.15. The first kappa shape index (κ1) is 23.8. The molecule has 0 fully saturated rings. The maximum atomic E-state index is 11.1. The number of carbonyl (C=O) groups is 1. The lowest BCUT2D eigenvalue weighted by atomic mass is 10.1. The number of nitrogens with zero attached hydrogens (tertiary/aromatic N) is 1. The molecule has 0 saturated carbocycles. The molecule has 158 valence electrons. The number of aliphatic imine (C=N–C) groups is 1. The smallest absolute Gasteiger partial charge is 0.305 e. The molecule has 0 aliphatic heterocycles. The summed E-state index contributed by atoms with van der Waals surface area (Å²) in [7, 11) is 4.85. The van der Waals surface area contributed by atoms with Crippen LogP contribution in [0.15, 0.2) is 23.2 Å². The van der Waals surface area contributed by atoms with Crippen LogP contribution >= 0.6 is 0 Å². The number of hydrogen-bond acceptors (Lipinski definition) is 5. The monoisotopic (exact) mass is 393 g/mol. The number of unbranched alkanes of at least 4 members (excludes halogenated alkanes) is 3. The number of nitrogens with one attached hydrogen (secondary N) is 2. The Bertz CT molecular complexity index is 605. The zero-order valence-electron chi connectivity index (χ0n) is 17.7. The lowest BCUT2D eigenvalue weighted by molar-refractivity contribution is -0.140. The summed E-state index contributed by atoms with van der Waals surface area (Å²) >= 11 is 0. The molecule has 0 amide bonds. The SMILES string of the molecule is CN=C(NCCCCCCC(=O)OC)NCc1ccc(C)cc1OCCOC. The van der Waals surface area contributed by atoms with E-state index in [4.69, 9.17) is 9.47 Å². The fraction of sp³-hybridized carbons (Fsp3) is 0.619. The molecule has 0 aliphatic rings. The number of hydrogen-bond donors (Lipinski definition) is 2. The average molecular weight is 394 g/mol. The van der Waals surface area contributed by atoms with Crippen LogP contribution in [0, 0.1) is 6.92 Å². The van der Waals surface area contributed by atoms with Gasteiger partial charge in [-0.05, 0) is 31.4 Å². The van der Waals surface area contributed by atoms with Crippen molar-refractivity contribution in [1.82, 2.24) is 10.6 Å². The molecule has 1 rings (SSSR count). The van der Waals surface area contributed by atoms with Gasteiger partial charge < -0.3 is 24.8 Å². The van der Waals surface area contributed by atoms with Crippen molar-refractivity contribution in [2.45, 2.75) is 45.6 Å². The van der Waals surface area contributed by atoms with E-state index in [0.29, 0.717) is 26.2 Å². The van der Waals surface area contributed by atoms with Crippen molar-refractivity contribution in [3.63, 3.8) is 0 Å². The number of benzene rings is 1. The van der Waals surface area contributed by atoms with Crippen LogP contribution in [0.5, 0.6) is 5.75 Å². The van der Waals surface area contributed by atoms with Gasteiger partial charge in [-0.1, -0.05) is 25.0 Å². The molecule has 28 heavy (non-hydrogen) atoms. The number of guanidine groups is 1. The molecule has 1 aromatic carbocycles. The Hall–Kier alpha value is -2.28. The Labute approximate surface area is 168 Å². The second-order valence-corrected chi connectivity index (χ2v) is 6.55. The van der Waals surface area contributed by atoms with E-state index < -0.39 is 0 Å². The van der Waals surface area contributed by atoms with Crippen LogP contribution in [0.3, 0.4) is 0 Å². The summed E-state index contributed by atoms with van der Waals surface area (Å²) in [5.41, 5.74) is 2.23.